The first kappa shape index (κ1) is 11.8. The molecule has 0 fully saturated rings. The molecule has 1 N–H and O–H groups in total. The van der Waals surface area contributed by atoms with Gasteiger partial charge in [-0.3, -0.25) is 4.79 Å². The predicted octanol–water partition coefficient (Wildman–Crippen LogP) is 2.00. The number of unbranched alkanes of at least 4 members (excludes halogenated alkanes) is 3. The van der Waals surface area contributed by atoms with E-state index in [2.05, 4.69) is 4.98 Å². The van der Waals surface area contributed by atoms with Gasteiger partial charge >= 0.3 is 5.97 Å². The van der Waals surface area contributed by atoms with Gasteiger partial charge in [-0.05, 0) is 19.3 Å². The fourth-order valence-electron chi connectivity index (χ4n) is 1.53. The highest BCUT2D eigenvalue weighted by atomic mass is 16.4. The molecule has 0 aromatic carbocycles. The topological polar surface area (TPSA) is 55.1 Å². The summed E-state index contributed by atoms with van der Waals surface area (Å²) >= 11 is 0. The summed E-state index contributed by atoms with van der Waals surface area (Å²) < 4.78 is 1.94. The Morgan fingerprint density at radius 1 is 1.40 bits per heavy atom. The lowest BCUT2D eigenvalue weighted by atomic mass is 10.1. The van der Waals surface area contributed by atoms with Gasteiger partial charge in [0.05, 0.1) is 12.0 Å². The fraction of sp³-hybridized carbons (Fsp3) is 0.636. The van der Waals surface area contributed by atoms with E-state index in [1.165, 1.54) is 0 Å². The molecule has 0 aliphatic carbocycles. The average molecular weight is 210 g/mol. The molecule has 0 aliphatic rings. The molecule has 84 valence electrons. The third kappa shape index (κ3) is 5.20. The summed E-state index contributed by atoms with van der Waals surface area (Å²) in [6.07, 6.45) is 9.09. The number of aryl methyl sites for hydroxylation is 2. The van der Waals surface area contributed by atoms with Crippen LogP contribution in [0, 0.1) is 0 Å². The number of aromatic nitrogens is 2. The molecule has 0 atom stereocenters. The van der Waals surface area contributed by atoms with Gasteiger partial charge in [-0.15, -0.1) is 0 Å². The molecule has 1 aromatic heterocycles. The van der Waals surface area contributed by atoms with Crippen LogP contribution in [0.3, 0.4) is 0 Å². The molecular weight excluding hydrogens is 192 g/mol. The number of imidazole rings is 1. The smallest absolute Gasteiger partial charge is 0.303 e. The van der Waals surface area contributed by atoms with Crippen molar-refractivity contribution < 1.29 is 9.90 Å². The quantitative estimate of drug-likeness (QED) is 0.700. The van der Waals surface area contributed by atoms with E-state index in [4.69, 9.17) is 5.11 Å². The third-order valence-corrected chi connectivity index (χ3v) is 2.33. The Labute approximate surface area is 89.9 Å². The van der Waals surface area contributed by atoms with Crippen molar-refractivity contribution in [2.45, 2.75) is 38.5 Å². The van der Waals surface area contributed by atoms with Gasteiger partial charge in [0.1, 0.15) is 0 Å². The van der Waals surface area contributed by atoms with Crippen LogP contribution in [0.25, 0.3) is 0 Å². The molecule has 1 aromatic rings. The second kappa shape index (κ2) is 6.22. The Morgan fingerprint density at radius 2 is 2.13 bits per heavy atom. The molecule has 0 radical (unpaired) electrons. The lowest BCUT2D eigenvalue weighted by Gasteiger charge is -1.97. The minimum absolute atomic E-state index is 0.295. The van der Waals surface area contributed by atoms with Crippen LogP contribution in [-0.2, 0) is 18.3 Å². The zero-order valence-electron chi connectivity index (χ0n) is 9.15. The predicted molar refractivity (Wildman–Crippen MR) is 57.6 cm³/mol. The van der Waals surface area contributed by atoms with Crippen LogP contribution in [0.2, 0.25) is 0 Å². The largest absolute Gasteiger partial charge is 0.481 e. The molecule has 1 heterocycles. The van der Waals surface area contributed by atoms with Gasteiger partial charge in [0, 0.05) is 19.7 Å². The van der Waals surface area contributed by atoms with E-state index < -0.39 is 5.97 Å². The number of nitrogens with zero attached hydrogens (tertiary/aromatic N) is 2. The molecule has 1 rings (SSSR count). The van der Waals surface area contributed by atoms with Crippen molar-refractivity contribution in [3.05, 3.63) is 18.2 Å². The molecule has 0 saturated heterocycles. The van der Waals surface area contributed by atoms with Crippen molar-refractivity contribution in [1.29, 1.82) is 0 Å². The van der Waals surface area contributed by atoms with Crippen molar-refractivity contribution in [2.75, 3.05) is 0 Å². The molecule has 0 saturated carbocycles. The highest BCUT2D eigenvalue weighted by Crippen LogP contribution is 2.07. The average Bonchev–Trinajstić information content (AvgIpc) is 2.57. The Hall–Kier alpha value is -1.32. The number of rotatable bonds is 7. The first-order valence-corrected chi connectivity index (χ1v) is 5.37. The summed E-state index contributed by atoms with van der Waals surface area (Å²) in [5.74, 6) is -0.695. The molecule has 0 bridgehead atoms. The summed E-state index contributed by atoms with van der Waals surface area (Å²) in [6.45, 7) is 0. The van der Waals surface area contributed by atoms with Crippen LogP contribution in [-0.4, -0.2) is 20.6 Å². The fourth-order valence-corrected chi connectivity index (χ4v) is 1.53. The summed E-state index contributed by atoms with van der Waals surface area (Å²) in [4.78, 5) is 14.5. The number of hydrogen-bond donors (Lipinski definition) is 1. The highest BCUT2D eigenvalue weighted by molar-refractivity contribution is 5.66. The van der Waals surface area contributed by atoms with Gasteiger partial charge in [-0.2, -0.15) is 0 Å². The lowest BCUT2D eigenvalue weighted by molar-refractivity contribution is -0.137. The Kier molecular flexibility index (Phi) is 4.87. The molecule has 4 nitrogen and oxygen atoms in total. The Morgan fingerprint density at radius 3 is 2.73 bits per heavy atom. The van der Waals surface area contributed by atoms with Gasteiger partial charge in [0.15, 0.2) is 0 Å². The monoisotopic (exact) mass is 210 g/mol. The SMILES string of the molecule is Cn1cnc(CCCCCCC(=O)O)c1. The van der Waals surface area contributed by atoms with Crippen molar-refractivity contribution in [2.24, 2.45) is 7.05 Å². The zero-order chi connectivity index (χ0) is 11.1. The van der Waals surface area contributed by atoms with E-state index >= 15 is 0 Å². The van der Waals surface area contributed by atoms with Crippen LogP contribution in [0.4, 0.5) is 0 Å². The van der Waals surface area contributed by atoms with Gasteiger partial charge in [0.2, 0.25) is 0 Å². The van der Waals surface area contributed by atoms with Gasteiger partial charge < -0.3 is 9.67 Å². The summed E-state index contributed by atoms with van der Waals surface area (Å²) in [5, 5.41) is 8.44. The molecule has 15 heavy (non-hydrogen) atoms. The third-order valence-electron chi connectivity index (χ3n) is 2.33. The first-order valence-electron chi connectivity index (χ1n) is 5.37. The van der Waals surface area contributed by atoms with Crippen molar-refractivity contribution >= 4 is 5.97 Å². The standard InChI is InChI=1S/C11H18N2O2/c1-13-8-10(12-9-13)6-4-2-3-5-7-11(14)15/h8-9H,2-7H2,1H3,(H,14,15). The second-order valence-electron chi connectivity index (χ2n) is 3.84. The summed E-state index contributed by atoms with van der Waals surface area (Å²) in [5.41, 5.74) is 1.12. The van der Waals surface area contributed by atoms with Crippen LogP contribution in [0.5, 0.6) is 0 Å². The van der Waals surface area contributed by atoms with Crippen LogP contribution >= 0.6 is 0 Å². The van der Waals surface area contributed by atoms with Crippen molar-refractivity contribution in [1.82, 2.24) is 9.55 Å². The highest BCUT2D eigenvalue weighted by Gasteiger charge is 1.98. The van der Waals surface area contributed by atoms with Crippen LogP contribution < -0.4 is 0 Å². The van der Waals surface area contributed by atoms with Gasteiger partial charge in [-0.25, -0.2) is 4.98 Å². The Bertz CT molecular complexity index is 307. The summed E-state index contributed by atoms with van der Waals surface area (Å²) in [7, 11) is 1.96. The molecule has 0 amide bonds. The van der Waals surface area contributed by atoms with E-state index in [1.54, 1.807) is 6.33 Å². The maximum absolute atomic E-state index is 10.2. The molecular formula is C11H18N2O2. The number of carboxylic acids is 1. The molecule has 4 heteroatoms. The Balaban J connectivity index is 2.00. The molecule has 0 unspecified atom stereocenters. The number of carboxylic acid groups (broad SMARTS) is 1. The normalized spacial score (nSPS) is 10.5. The second-order valence-corrected chi connectivity index (χ2v) is 3.84. The van der Waals surface area contributed by atoms with E-state index in [-0.39, 0.29) is 0 Å². The van der Waals surface area contributed by atoms with Crippen molar-refractivity contribution in [3.63, 3.8) is 0 Å². The minimum Gasteiger partial charge on any atom is -0.481 e. The van der Waals surface area contributed by atoms with Gasteiger partial charge in [0.25, 0.3) is 0 Å². The van der Waals surface area contributed by atoms with E-state index in [0.29, 0.717) is 6.42 Å². The van der Waals surface area contributed by atoms with Crippen molar-refractivity contribution in [3.8, 4) is 0 Å². The number of carbonyl (C=O) groups is 1. The number of aliphatic carboxylic acids is 1. The van der Waals surface area contributed by atoms with Crippen LogP contribution in [0.15, 0.2) is 12.5 Å². The van der Waals surface area contributed by atoms with Crippen LogP contribution in [0.1, 0.15) is 37.8 Å². The van der Waals surface area contributed by atoms with E-state index in [9.17, 15) is 4.79 Å². The zero-order valence-corrected chi connectivity index (χ0v) is 9.15. The van der Waals surface area contributed by atoms with E-state index in [0.717, 1.165) is 37.8 Å². The number of hydrogen-bond acceptors (Lipinski definition) is 2. The summed E-state index contributed by atoms with van der Waals surface area (Å²) in [6, 6.07) is 0. The molecule has 0 aliphatic heterocycles. The first-order chi connectivity index (χ1) is 7.18. The molecule has 0 spiro atoms. The maximum Gasteiger partial charge on any atom is 0.303 e. The van der Waals surface area contributed by atoms with E-state index in [1.807, 2.05) is 17.8 Å². The minimum atomic E-state index is -0.695. The maximum atomic E-state index is 10.2. The van der Waals surface area contributed by atoms with Gasteiger partial charge in [-0.1, -0.05) is 12.8 Å². The lowest BCUT2D eigenvalue weighted by Crippen LogP contribution is -1.94.